The van der Waals surface area contributed by atoms with Gasteiger partial charge in [-0.2, -0.15) is 5.26 Å². The van der Waals surface area contributed by atoms with Crippen molar-refractivity contribution in [3.05, 3.63) is 80.0 Å². The molecule has 0 saturated heterocycles. The van der Waals surface area contributed by atoms with Crippen LogP contribution >= 0.6 is 22.9 Å². The second-order valence-corrected chi connectivity index (χ2v) is 10.2. The molecular formula is C27H28ClN3O2S. The lowest BCUT2D eigenvalue weighted by atomic mass is 9.78. The van der Waals surface area contributed by atoms with Crippen LogP contribution in [-0.4, -0.2) is 17.4 Å². The Kier molecular flexibility index (Phi) is 7.27. The van der Waals surface area contributed by atoms with Crippen LogP contribution < -0.4 is 10.5 Å². The average molecular weight is 494 g/mol. The molecule has 1 aliphatic rings. The molecule has 5 nitrogen and oxygen atoms in total. The van der Waals surface area contributed by atoms with Crippen molar-refractivity contribution < 1.29 is 9.53 Å². The fourth-order valence-corrected chi connectivity index (χ4v) is 6.44. The SMILES string of the molecule is CCC(CC)(C(N)=O)c1sc2c(c1C#N)CCN(Cc1ccc(Oc3ccc(Cl)cc3)cc1)C2. The Balaban J connectivity index is 1.48. The summed E-state index contributed by atoms with van der Waals surface area (Å²) in [5.41, 5.74) is 8.03. The number of hydrogen-bond acceptors (Lipinski definition) is 5. The maximum Gasteiger partial charge on any atom is 0.228 e. The lowest BCUT2D eigenvalue weighted by Crippen LogP contribution is -2.40. The highest BCUT2D eigenvalue weighted by Gasteiger charge is 2.40. The van der Waals surface area contributed by atoms with E-state index < -0.39 is 5.41 Å². The smallest absolute Gasteiger partial charge is 0.228 e. The fraction of sp³-hybridized carbons (Fsp3) is 0.333. The maximum atomic E-state index is 12.4. The highest BCUT2D eigenvalue weighted by atomic mass is 35.5. The summed E-state index contributed by atoms with van der Waals surface area (Å²) in [5.74, 6) is 1.18. The van der Waals surface area contributed by atoms with Crippen molar-refractivity contribution in [1.29, 1.82) is 5.26 Å². The Morgan fingerprint density at radius 1 is 1.15 bits per heavy atom. The van der Waals surface area contributed by atoms with Gasteiger partial charge in [0.1, 0.15) is 17.6 Å². The van der Waals surface area contributed by atoms with E-state index >= 15 is 0 Å². The van der Waals surface area contributed by atoms with Gasteiger partial charge < -0.3 is 10.5 Å². The van der Waals surface area contributed by atoms with E-state index in [1.807, 2.05) is 38.1 Å². The summed E-state index contributed by atoms with van der Waals surface area (Å²) in [6, 6.07) is 17.8. The predicted molar refractivity (Wildman–Crippen MR) is 136 cm³/mol. The molecule has 1 aliphatic heterocycles. The van der Waals surface area contributed by atoms with Gasteiger partial charge in [0.2, 0.25) is 5.91 Å². The first-order valence-electron chi connectivity index (χ1n) is 11.5. The van der Waals surface area contributed by atoms with Crippen molar-refractivity contribution >= 4 is 28.8 Å². The van der Waals surface area contributed by atoms with Gasteiger partial charge in [0, 0.05) is 34.4 Å². The fourth-order valence-electron chi connectivity index (χ4n) is 4.64. The van der Waals surface area contributed by atoms with Crippen LogP contribution in [-0.2, 0) is 29.7 Å². The van der Waals surface area contributed by atoms with Crippen LogP contribution in [0.5, 0.6) is 11.5 Å². The van der Waals surface area contributed by atoms with Gasteiger partial charge in [-0.25, -0.2) is 0 Å². The molecule has 0 atom stereocenters. The third kappa shape index (κ3) is 4.69. The summed E-state index contributed by atoms with van der Waals surface area (Å²) in [6.45, 7) is 6.38. The summed E-state index contributed by atoms with van der Waals surface area (Å²) >= 11 is 7.53. The number of ether oxygens (including phenoxy) is 1. The molecule has 0 radical (unpaired) electrons. The number of nitrogens with zero attached hydrogens (tertiary/aromatic N) is 2. The van der Waals surface area contributed by atoms with Gasteiger partial charge in [0.15, 0.2) is 0 Å². The van der Waals surface area contributed by atoms with Gasteiger partial charge in [-0.1, -0.05) is 37.6 Å². The van der Waals surface area contributed by atoms with E-state index in [1.54, 1.807) is 23.5 Å². The third-order valence-electron chi connectivity index (χ3n) is 6.74. The zero-order valence-electron chi connectivity index (χ0n) is 19.4. The van der Waals surface area contributed by atoms with Crippen LogP contribution in [0.25, 0.3) is 0 Å². The molecule has 0 unspecified atom stereocenters. The standard InChI is InChI=1S/C27H28ClN3O2S/c1-3-27(4-2,26(30)32)25-23(15-29)22-13-14-31(17-24(22)34-25)16-18-5-9-20(10-6-18)33-21-11-7-19(28)8-12-21/h5-12H,3-4,13-14,16-17H2,1-2H3,(H2,30,32). The molecule has 0 bridgehead atoms. The van der Waals surface area contributed by atoms with Gasteiger partial charge in [-0.05, 0) is 66.8 Å². The Bertz CT molecular complexity index is 1210. The second kappa shape index (κ2) is 10.2. The first kappa shape index (κ1) is 24.3. The molecule has 0 aliphatic carbocycles. The Morgan fingerprint density at radius 3 is 2.32 bits per heavy atom. The maximum absolute atomic E-state index is 12.4. The van der Waals surface area contributed by atoms with E-state index in [0.717, 1.165) is 48.0 Å². The lowest BCUT2D eigenvalue weighted by molar-refractivity contribution is -0.123. The van der Waals surface area contributed by atoms with E-state index in [-0.39, 0.29) is 5.91 Å². The van der Waals surface area contributed by atoms with Crippen molar-refractivity contribution in [3.8, 4) is 17.6 Å². The zero-order valence-corrected chi connectivity index (χ0v) is 21.0. The first-order chi connectivity index (χ1) is 16.4. The topological polar surface area (TPSA) is 79.3 Å². The van der Waals surface area contributed by atoms with Crippen molar-refractivity contribution in [1.82, 2.24) is 4.90 Å². The predicted octanol–water partition coefficient (Wildman–Crippen LogP) is 6.17. The number of rotatable bonds is 8. The average Bonchev–Trinajstić information content (AvgIpc) is 3.21. The summed E-state index contributed by atoms with van der Waals surface area (Å²) in [5, 5.41) is 10.6. The zero-order chi connectivity index (χ0) is 24.3. The van der Waals surface area contributed by atoms with Crippen LogP contribution in [0, 0.1) is 11.3 Å². The van der Waals surface area contributed by atoms with Crippen LogP contribution in [0.2, 0.25) is 5.02 Å². The molecule has 2 heterocycles. The van der Waals surface area contributed by atoms with E-state index in [4.69, 9.17) is 22.1 Å². The van der Waals surface area contributed by atoms with E-state index in [0.29, 0.717) is 23.4 Å². The summed E-state index contributed by atoms with van der Waals surface area (Å²) in [6.07, 6.45) is 2.00. The highest BCUT2D eigenvalue weighted by molar-refractivity contribution is 7.12. The molecule has 176 valence electrons. The molecule has 0 saturated carbocycles. The number of carbonyl (C=O) groups excluding carboxylic acids is 1. The molecule has 7 heteroatoms. The molecule has 2 aromatic carbocycles. The Labute approximate surface area is 209 Å². The molecule has 0 fully saturated rings. The number of carbonyl (C=O) groups is 1. The Hall–Kier alpha value is -2.85. The number of hydrogen-bond donors (Lipinski definition) is 1. The minimum absolute atomic E-state index is 0.342. The number of fused-ring (bicyclic) bond motifs is 1. The number of primary amides is 1. The molecule has 2 N–H and O–H groups in total. The normalized spacial score (nSPS) is 13.8. The number of amides is 1. The van der Waals surface area contributed by atoms with Crippen molar-refractivity contribution in [2.24, 2.45) is 5.73 Å². The van der Waals surface area contributed by atoms with E-state index in [2.05, 4.69) is 23.1 Å². The van der Waals surface area contributed by atoms with Gasteiger partial charge in [0.25, 0.3) is 0 Å². The molecule has 1 aromatic heterocycles. The van der Waals surface area contributed by atoms with Gasteiger partial charge in [-0.15, -0.1) is 11.3 Å². The quantitative estimate of drug-likeness (QED) is 0.407. The van der Waals surface area contributed by atoms with Crippen molar-refractivity contribution in [2.45, 2.75) is 51.6 Å². The van der Waals surface area contributed by atoms with Crippen molar-refractivity contribution in [2.75, 3.05) is 6.54 Å². The number of nitriles is 1. The number of nitrogens with two attached hydrogens (primary N) is 1. The first-order valence-corrected chi connectivity index (χ1v) is 12.7. The number of thiophene rings is 1. The van der Waals surface area contributed by atoms with Crippen LogP contribution in [0.15, 0.2) is 48.5 Å². The molecule has 34 heavy (non-hydrogen) atoms. The molecule has 1 amide bonds. The van der Waals surface area contributed by atoms with Gasteiger partial charge in [-0.3, -0.25) is 9.69 Å². The highest BCUT2D eigenvalue weighted by Crippen LogP contribution is 2.43. The monoisotopic (exact) mass is 493 g/mol. The van der Waals surface area contributed by atoms with Gasteiger partial charge in [0.05, 0.1) is 11.0 Å². The second-order valence-electron chi connectivity index (χ2n) is 8.63. The Morgan fingerprint density at radius 2 is 1.76 bits per heavy atom. The third-order valence-corrected chi connectivity index (χ3v) is 8.41. The minimum atomic E-state index is -0.766. The van der Waals surface area contributed by atoms with Crippen LogP contribution in [0.3, 0.4) is 0 Å². The summed E-state index contributed by atoms with van der Waals surface area (Å²) < 4.78 is 5.89. The largest absolute Gasteiger partial charge is 0.457 e. The molecule has 0 spiro atoms. The summed E-state index contributed by atoms with van der Waals surface area (Å²) in [4.78, 5) is 16.8. The van der Waals surface area contributed by atoms with Crippen LogP contribution in [0.4, 0.5) is 0 Å². The van der Waals surface area contributed by atoms with E-state index in [9.17, 15) is 10.1 Å². The summed E-state index contributed by atoms with van der Waals surface area (Å²) in [7, 11) is 0. The molecule has 4 rings (SSSR count). The number of halogens is 1. The van der Waals surface area contributed by atoms with E-state index in [1.165, 1.54) is 10.4 Å². The molecular weight excluding hydrogens is 466 g/mol. The number of benzene rings is 2. The van der Waals surface area contributed by atoms with Crippen LogP contribution in [0.1, 0.15) is 53.1 Å². The van der Waals surface area contributed by atoms with Crippen molar-refractivity contribution in [3.63, 3.8) is 0 Å². The minimum Gasteiger partial charge on any atom is -0.457 e. The van der Waals surface area contributed by atoms with Gasteiger partial charge >= 0.3 is 0 Å². The molecule has 3 aromatic rings. The lowest BCUT2D eigenvalue weighted by Gasteiger charge is -2.27.